The van der Waals surface area contributed by atoms with E-state index in [-0.39, 0.29) is 5.91 Å². The molecule has 0 unspecified atom stereocenters. The van der Waals surface area contributed by atoms with Gasteiger partial charge in [-0.2, -0.15) is 5.10 Å². The summed E-state index contributed by atoms with van der Waals surface area (Å²) in [5, 5.41) is 8.09. The van der Waals surface area contributed by atoms with Crippen molar-refractivity contribution >= 4 is 5.91 Å². The number of carbonyl (C=O) groups excluding carboxylic acids is 1. The van der Waals surface area contributed by atoms with Crippen molar-refractivity contribution in [3.8, 4) is 5.69 Å². The second kappa shape index (κ2) is 8.48. The summed E-state index contributed by atoms with van der Waals surface area (Å²) in [5.41, 5.74) is 5.43. The van der Waals surface area contributed by atoms with Gasteiger partial charge in [0.25, 0.3) is 5.91 Å². The average Bonchev–Trinajstić information content (AvgIpc) is 3.12. The summed E-state index contributed by atoms with van der Waals surface area (Å²) in [6.45, 7) is 4.88. The van der Waals surface area contributed by atoms with Crippen LogP contribution in [-0.2, 0) is 12.8 Å². The van der Waals surface area contributed by atoms with Crippen molar-refractivity contribution in [3.63, 3.8) is 0 Å². The smallest absolute Gasteiger partial charge is 0.274 e. The van der Waals surface area contributed by atoms with Crippen molar-refractivity contribution in [1.29, 1.82) is 0 Å². The van der Waals surface area contributed by atoms with Gasteiger partial charge in [0.05, 0.1) is 5.69 Å². The Morgan fingerprint density at radius 3 is 2.57 bits per heavy atom. The van der Waals surface area contributed by atoms with Crippen LogP contribution < -0.4 is 5.32 Å². The quantitative estimate of drug-likeness (QED) is 0.863. The van der Waals surface area contributed by atoms with E-state index in [0.717, 1.165) is 63.3 Å². The zero-order valence-corrected chi connectivity index (χ0v) is 17.2. The Morgan fingerprint density at radius 1 is 1.14 bits per heavy atom. The molecule has 0 radical (unpaired) electrons. The molecule has 150 valence electrons. The maximum Gasteiger partial charge on any atom is 0.274 e. The summed E-state index contributed by atoms with van der Waals surface area (Å²) in [6.07, 6.45) is 7.73. The van der Waals surface area contributed by atoms with Crippen LogP contribution in [0.15, 0.2) is 24.3 Å². The third-order valence-electron chi connectivity index (χ3n) is 6.37. The van der Waals surface area contributed by atoms with Crippen molar-refractivity contribution in [1.82, 2.24) is 20.0 Å². The van der Waals surface area contributed by atoms with E-state index in [1.807, 2.05) is 16.6 Å². The first-order valence-corrected chi connectivity index (χ1v) is 10.8. The fourth-order valence-corrected chi connectivity index (χ4v) is 4.59. The lowest BCUT2D eigenvalue weighted by Gasteiger charge is -2.32. The second-order valence-corrected chi connectivity index (χ2v) is 8.36. The van der Waals surface area contributed by atoms with Gasteiger partial charge in [0.1, 0.15) is 0 Å². The number of rotatable bonds is 5. The summed E-state index contributed by atoms with van der Waals surface area (Å²) < 4.78 is 2.03. The molecule has 0 atom stereocenters. The molecular formula is C23H32N4O. The number of piperidine rings is 1. The van der Waals surface area contributed by atoms with Crippen LogP contribution in [0.4, 0.5) is 0 Å². The van der Waals surface area contributed by atoms with Crippen molar-refractivity contribution in [2.75, 3.05) is 26.7 Å². The van der Waals surface area contributed by atoms with E-state index in [2.05, 4.69) is 36.5 Å². The molecule has 5 heteroatoms. The lowest BCUT2D eigenvalue weighted by atomic mass is 9.92. The molecule has 2 aliphatic rings. The normalized spacial score (nSPS) is 17.6. The van der Waals surface area contributed by atoms with Crippen molar-refractivity contribution in [3.05, 3.63) is 46.8 Å². The molecule has 1 aromatic heterocycles. The average molecular weight is 381 g/mol. The van der Waals surface area contributed by atoms with E-state index in [4.69, 9.17) is 5.10 Å². The highest BCUT2D eigenvalue weighted by molar-refractivity contribution is 5.94. The first-order valence-electron chi connectivity index (χ1n) is 10.8. The maximum atomic E-state index is 13.3. The molecule has 1 amide bonds. The number of carbonyl (C=O) groups is 1. The maximum absolute atomic E-state index is 13.3. The van der Waals surface area contributed by atoms with E-state index in [1.165, 1.54) is 29.7 Å². The number of likely N-dealkylation sites (tertiary alicyclic amines) is 1. The van der Waals surface area contributed by atoms with Gasteiger partial charge in [-0.3, -0.25) is 4.79 Å². The van der Waals surface area contributed by atoms with Gasteiger partial charge in [-0.05, 0) is 83.5 Å². The predicted octanol–water partition coefficient (Wildman–Crippen LogP) is 3.52. The molecule has 1 fully saturated rings. The molecule has 1 aromatic carbocycles. The first kappa shape index (κ1) is 19.2. The van der Waals surface area contributed by atoms with Gasteiger partial charge in [-0.1, -0.05) is 17.7 Å². The summed E-state index contributed by atoms with van der Waals surface area (Å²) in [5.74, 6) is 0.867. The van der Waals surface area contributed by atoms with Gasteiger partial charge < -0.3 is 10.2 Å². The number of amides is 1. The van der Waals surface area contributed by atoms with Gasteiger partial charge in [-0.15, -0.1) is 0 Å². The number of benzene rings is 1. The van der Waals surface area contributed by atoms with Gasteiger partial charge >= 0.3 is 0 Å². The van der Waals surface area contributed by atoms with E-state index >= 15 is 0 Å². The Hall–Kier alpha value is -2.14. The minimum atomic E-state index is 0.135. The number of aromatic nitrogens is 2. The number of aryl methyl sites for hydroxylation is 1. The van der Waals surface area contributed by atoms with Crippen LogP contribution in [-0.4, -0.2) is 47.3 Å². The topological polar surface area (TPSA) is 50.2 Å². The van der Waals surface area contributed by atoms with Gasteiger partial charge in [0.15, 0.2) is 5.69 Å². The lowest BCUT2D eigenvalue weighted by Crippen LogP contribution is -2.39. The SMILES string of the molecule is CNCCC1CCN(C(=O)c2nn(-c3ccc(C)cc3)c3c2CCCC3)CC1. The van der Waals surface area contributed by atoms with Crippen LogP contribution >= 0.6 is 0 Å². The minimum Gasteiger partial charge on any atom is -0.337 e. The van der Waals surface area contributed by atoms with E-state index in [0.29, 0.717) is 5.69 Å². The van der Waals surface area contributed by atoms with Gasteiger partial charge in [-0.25, -0.2) is 4.68 Å². The molecule has 0 spiro atoms. The zero-order chi connectivity index (χ0) is 19.5. The summed E-state index contributed by atoms with van der Waals surface area (Å²) in [4.78, 5) is 15.4. The number of nitrogens with zero attached hydrogens (tertiary/aromatic N) is 3. The number of nitrogens with one attached hydrogen (secondary N) is 1. The lowest BCUT2D eigenvalue weighted by molar-refractivity contribution is 0.0679. The van der Waals surface area contributed by atoms with E-state index < -0.39 is 0 Å². The largest absolute Gasteiger partial charge is 0.337 e. The Kier molecular flexibility index (Phi) is 5.81. The Balaban J connectivity index is 1.56. The fraction of sp³-hybridized carbons (Fsp3) is 0.565. The molecule has 28 heavy (non-hydrogen) atoms. The number of hydrogen-bond acceptors (Lipinski definition) is 3. The number of hydrogen-bond donors (Lipinski definition) is 1. The molecule has 2 aromatic rings. The van der Waals surface area contributed by atoms with Crippen molar-refractivity contribution in [2.45, 2.75) is 51.9 Å². The molecule has 0 bridgehead atoms. The molecule has 0 saturated carbocycles. The molecule has 1 N–H and O–H groups in total. The molecular weight excluding hydrogens is 348 g/mol. The van der Waals surface area contributed by atoms with E-state index in [1.54, 1.807) is 0 Å². The molecule has 1 saturated heterocycles. The molecule has 4 rings (SSSR count). The van der Waals surface area contributed by atoms with Crippen LogP contribution in [0.5, 0.6) is 0 Å². The summed E-state index contributed by atoms with van der Waals surface area (Å²) in [6, 6.07) is 8.45. The van der Waals surface area contributed by atoms with Gasteiger partial charge in [0, 0.05) is 24.3 Å². The van der Waals surface area contributed by atoms with Crippen molar-refractivity contribution in [2.24, 2.45) is 5.92 Å². The molecule has 5 nitrogen and oxygen atoms in total. The highest BCUT2D eigenvalue weighted by Crippen LogP contribution is 2.29. The Morgan fingerprint density at radius 2 is 1.86 bits per heavy atom. The van der Waals surface area contributed by atoms with Crippen LogP contribution in [0.1, 0.15) is 59.4 Å². The minimum absolute atomic E-state index is 0.135. The standard InChI is InChI=1S/C23H32N4O/c1-17-7-9-19(10-8-17)27-21-6-4-3-5-20(21)22(25-27)23(28)26-15-12-18(13-16-26)11-14-24-2/h7-10,18,24H,3-6,11-16H2,1-2H3. The Bertz CT molecular complexity index is 816. The third-order valence-corrected chi connectivity index (χ3v) is 6.37. The van der Waals surface area contributed by atoms with Crippen LogP contribution in [0, 0.1) is 12.8 Å². The molecule has 1 aliphatic heterocycles. The Labute approximate surface area is 168 Å². The van der Waals surface area contributed by atoms with Gasteiger partial charge in [0.2, 0.25) is 0 Å². The third kappa shape index (κ3) is 3.86. The molecule has 1 aliphatic carbocycles. The second-order valence-electron chi connectivity index (χ2n) is 8.36. The first-order chi connectivity index (χ1) is 13.7. The highest BCUT2D eigenvalue weighted by Gasteiger charge is 2.30. The predicted molar refractivity (Wildman–Crippen MR) is 112 cm³/mol. The van der Waals surface area contributed by atoms with Crippen molar-refractivity contribution < 1.29 is 4.79 Å². The highest BCUT2D eigenvalue weighted by atomic mass is 16.2. The van der Waals surface area contributed by atoms with Crippen LogP contribution in [0.2, 0.25) is 0 Å². The van der Waals surface area contributed by atoms with Crippen LogP contribution in [0.25, 0.3) is 5.69 Å². The van der Waals surface area contributed by atoms with Crippen LogP contribution in [0.3, 0.4) is 0 Å². The summed E-state index contributed by atoms with van der Waals surface area (Å²) in [7, 11) is 2.01. The fourth-order valence-electron chi connectivity index (χ4n) is 4.59. The zero-order valence-electron chi connectivity index (χ0n) is 17.2. The van der Waals surface area contributed by atoms with E-state index in [9.17, 15) is 4.79 Å². The summed E-state index contributed by atoms with van der Waals surface area (Å²) >= 11 is 0. The number of fused-ring (bicyclic) bond motifs is 1. The molecule has 2 heterocycles. The monoisotopic (exact) mass is 380 g/mol.